The van der Waals surface area contributed by atoms with Crippen molar-refractivity contribution in [3.8, 4) is 11.5 Å². The van der Waals surface area contributed by atoms with Gasteiger partial charge in [-0.25, -0.2) is 4.39 Å². The van der Waals surface area contributed by atoms with Crippen LogP contribution in [0.25, 0.3) is 0 Å². The van der Waals surface area contributed by atoms with Crippen LogP contribution < -0.4 is 15.0 Å². The predicted molar refractivity (Wildman–Crippen MR) is 216 cm³/mol. The molecule has 9 nitrogen and oxygen atoms in total. The molecule has 0 radical (unpaired) electrons. The van der Waals surface area contributed by atoms with Crippen molar-refractivity contribution in [2.45, 2.75) is 69.2 Å². The minimum atomic E-state index is -0.802. The molecular weight excluding hydrogens is 720 g/mol. The molecule has 2 N–H and O–H groups in total. The van der Waals surface area contributed by atoms with Crippen molar-refractivity contribution < 1.29 is 28.6 Å². The normalized spacial score (nSPS) is 22.9. The third kappa shape index (κ3) is 7.20. The number of halogens is 1. The number of allylic oxidation sites excluding steroid dienone is 1. The first-order valence-electron chi connectivity index (χ1n) is 20.4. The Kier molecular flexibility index (Phi) is 9.85. The van der Waals surface area contributed by atoms with Crippen LogP contribution in [0, 0.1) is 11.2 Å². The number of phenolic OH excluding ortho intramolecular Hbond substituents is 1. The lowest BCUT2D eigenvalue weighted by molar-refractivity contribution is -0.125. The zero-order valence-electron chi connectivity index (χ0n) is 32.2. The monoisotopic (exact) mass is 768 g/mol. The van der Waals surface area contributed by atoms with Gasteiger partial charge in [-0.2, -0.15) is 0 Å². The fraction of sp³-hybridized carbons (Fsp3) is 0.383. The number of benzene rings is 4. The van der Waals surface area contributed by atoms with Crippen molar-refractivity contribution in [3.63, 3.8) is 0 Å². The number of hydrogen-bond donors (Lipinski definition) is 2. The number of aromatic hydroxyl groups is 1. The summed E-state index contributed by atoms with van der Waals surface area (Å²) in [4.78, 5) is 45.1. The minimum Gasteiger partial charge on any atom is -0.508 e. The fourth-order valence-corrected chi connectivity index (χ4v) is 9.94. The Hall–Kier alpha value is -5.48. The minimum absolute atomic E-state index is 0.100. The van der Waals surface area contributed by atoms with Crippen LogP contribution in [-0.4, -0.2) is 78.0 Å². The number of carbonyl (C=O) groups is 3. The third-order valence-electron chi connectivity index (χ3n) is 13.1. The fourth-order valence-electron chi connectivity index (χ4n) is 9.94. The molecule has 10 heteroatoms. The van der Waals surface area contributed by atoms with Crippen LogP contribution in [0.15, 0.2) is 97.2 Å². The Balaban J connectivity index is 0.728. The number of rotatable bonds is 10. The molecule has 0 bridgehead atoms. The van der Waals surface area contributed by atoms with Crippen molar-refractivity contribution in [1.82, 2.24) is 15.1 Å². The topological polar surface area (TPSA) is 102 Å². The summed E-state index contributed by atoms with van der Waals surface area (Å²) in [7, 11) is 0. The largest absolute Gasteiger partial charge is 0.508 e. The summed E-state index contributed by atoms with van der Waals surface area (Å²) in [5.74, 6) is 0.0816. The number of nitrogens with one attached hydrogen (secondary N) is 1. The van der Waals surface area contributed by atoms with Gasteiger partial charge in [0.2, 0.25) is 5.91 Å². The van der Waals surface area contributed by atoms with E-state index in [2.05, 4.69) is 46.0 Å². The summed E-state index contributed by atoms with van der Waals surface area (Å²) in [5, 5.41) is 12.8. The van der Waals surface area contributed by atoms with Crippen LogP contribution in [0.4, 0.5) is 10.1 Å². The van der Waals surface area contributed by atoms with Crippen LogP contribution in [0.1, 0.15) is 99.8 Å². The van der Waals surface area contributed by atoms with E-state index in [1.165, 1.54) is 16.7 Å². The molecule has 4 aromatic carbocycles. The first-order chi connectivity index (χ1) is 27.6. The second-order valence-corrected chi connectivity index (χ2v) is 16.7. The van der Waals surface area contributed by atoms with Gasteiger partial charge in [0.1, 0.15) is 23.4 Å². The van der Waals surface area contributed by atoms with Crippen LogP contribution in [0.3, 0.4) is 0 Å². The van der Waals surface area contributed by atoms with Crippen molar-refractivity contribution >= 4 is 23.4 Å². The van der Waals surface area contributed by atoms with Gasteiger partial charge < -0.3 is 25.0 Å². The molecule has 3 saturated heterocycles. The maximum Gasteiger partial charge on any atom is 0.262 e. The molecule has 3 amide bonds. The van der Waals surface area contributed by atoms with E-state index in [1.807, 2.05) is 36.4 Å². The van der Waals surface area contributed by atoms with E-state index in [-0.39, 0.29) is 34.7 Å². The van der Waals surface area contributed by atoms with Crippen molar-refractivity contribution in [2.24, 2.45) is 5.41 Å². The molecule has 1 aliphatic carbocycles. The summed E-state index contributed by atoms with van der Waals surface area (Å²) in [6, 6.07) is 25.7. The summed E-state index contributed by atoms with van der Waals surface area (Å²) >= 11 is 0. The van der Waals surface area contributed by atoms with Gasteiger partial charge in [0, 0.05) is 35.8 Å². The average Bonchev–Trinajstić information content (AvgIpc) is 3.45. The maximum absolute atomic E-state index is 13.8. The number of likely N-dealkylation sites (tertiary alicyclic amines) is 1. The van der Waals surface area contributed by atoms with Crippen molar-refractivity contribution in [3.05, 3.63) is 136 Å². The second kappa shape index (κ2) is 15.1. The lowest BCUT2D eigenvalue weighted by atomic mass is 9.69. The summed E-state index contributed by atoms with van der Waals surface area (Å²) in [6.07, 6.45) is 7.04. The number of fused-ring (bicyclic) bond motifs is 2. The van der Waals surface area contributed by atoms with Gasteiger partial charge >= 0.3 is 0 Å². The average molecular weight is 769 g/mol. The molecule has 3 fully saturated rings. The molecule has 1 unspecified atom stereocenters. The van der Waals surface area contributed by atoms with E-state index in [0.29, 0.717) is 36.3 Å². The summed E-state index contributed by atoms with van der Waals surface area (Å²) in [6.45, 7) is 9.53. The number of nitrogens with zero attached hydrogens (tertiary/aromatic N) is 3. The van der Waals surface area contributed by atoms with E-state index in [9.17, 15) is 23.9 Å². The molecule has 0 saturated carbocycles. The van der Waals surface area contributed by atoms with E-state index in [4.69, 9.17) is 4.74 Å². The molecule has 1 spiro atoms. The molecule has 0 aromatic heterocycles. The molecule has 4 aromatic rings. The van der Waals surface area contributed by atoms with Crippen LogP contribution in [0.5, 0.6) is 11.5 Å². The van der Waals surface area contributed by atoms with E-state index in [1.54, 1.807) is 24.3 Å². The van der Waals surface area contributed by atoms with Crippen molar-refractivity contribution in [2.75, 3.05) is 44.2 Å². The number of piperidine rings is 2. The van der Waals surface area contributed by atoms with E-state index < -0.39 is 17.9 Å². The Morgan fingerprint density at radius 3 is 2.32 bits per heavy atom. The summed E-state index contributed by atoms with van der Waals surface area (Å²) < 4.78 is 20.0. The van der Waals surface area contributed by atoms with Crippen LogP contribution in [0.2, 0.25) is 0 Å². The van der Waals surface area contributed by atoms with Crippen LogP contribution >= 0.6 is 0 Å². The van der Waals surface area contributed by atoms with Gasteiger partial charge in [-0.15, -0.1) is 0 Å². The highest BCUT2D eigenvalue weighted by Gasteiger charge is 2.47. The Morgan fingerprint density at radius 2 is 1.56 bits per heavy atom. The smallest absolute Gasteiger partial charge is 0.262 e. The summed E-state index contributed by atoms with van der Waals surface area (Å²) in [5.41, 5.74) is 7.29. The standard InChI is InChI=1S/C47H49FN4O5/c1-30-4-19-42(44(54)49-30)52-45(55)40-17-12-35(27-41(40)46(52)56)51-28-47(29-51)20-23-50(24-21-47)22-2-3-25-57-37-14-7-32(8-15-37)43-38(31-5-10-34(48)11-6-31)16-9-33-26-36(53)13-18-39(33)43/h5-8,10-15,17-18,26-27,38,42-43,53H,1-4,9,16,19-25,28-29H2,(H,49,54)/t38-,42?,43+/m0/s1. The first kappa shape index (κ1) is 37.1. The van der Waals surface area contributed by atoms with Gasteiger partial charge in [-0.1, -0.05) is 36.9 Å². The first-order valence-corrected chi connectivity index (χ1v) is 20.4. The van der Waals surface area contributed by atoms with E-state index in [0.717, 1.165) is 93.1 Å². The third-order valence-corrected chi connectivity index (χ3v) is 13.1. The predicted octanol–water partition coefficient (Wildman–Crippen LogP) is 7.54. The number of anilines is 1. The number of ether oxygens (including phenoxy) is 1. The Bertz CT molecular complexity index is 2210. The molecule has 9 rings (SSSR count). The molecule has 5 aliphatic rings. The van der Waals surface area contributed by atoms with Gasteiger partial charge in [0.25, 0.3) is 11.8 Å². The number of imide groups is 1. The highest BCUT2D eigenvalue weighted by molar-refractivity contribution is 6.23. The molecule has 4 aliphatic heterocycles. The highest BCUT2D eigenvalue weighted by Crippen LogP contribution is 2.47. The molecule has 4 heterocycles. The molecule has 294 valence electrons. The lowest BCUT2D eigenvalue weighted by Gasteiger charge is -2.55. The zero-order valence-corrected chi connectivity index (χ0v) is 32.2. The lowest BCUT2D eigenvalue weighted by Crippen LogP contribution is -2.60. The number of carbonyl (C=O) groups excluding carboxylic acids is 3. The van der Waals surface area contributed by atoms with Crippen LogP contribution in [-0.2, 0) is 11.2 Å². The van der Waals surface area contributed by atoms with Gasteiger partial charge in [0.05, 0.1) is 17.7 Å². The number of amides is 3. The molecule has 3 atom stereocenters. The van der Waals surface area contributed by atoms with Gasteiger partial charge in [0.15, 0.2) is 0 Å². The highest BCUT2D eigenvalue weighted by atomic mass is 19.1. The number of hydrogen-bond acceptors (Lipinski definition) is 7. The zero-order chi connectivity index (χ0) is 39.3. The van der Waals surface area contributed by atoms with Crippen molar-refractivity contribution in [1.29, 1.82) is 0 Å². The quantitative estimate of drug-likeness (QED) is 0.127. The molecular formula is C47H49FN4O5. The van der Waals surface area contributed by atoms with Gasteiger partial charge in [-0.3, -0.25) is 19.3 Å². The number of unbranched alkanes of at least 4 members (excludes halogenated alkanes) is 1. The number of aryl methyl sites for hydroxylation is 1. The second-order valence-electron chi connectivity index (χ2n) is 16.7. The van der Waals surface area contributed by atoms with E-state index >= 15 is 0 Å². The maximum atomic E-state index is 13.8. The SMILES string of the molecule is C=C1CCC(N2C(=O)c3ccc(N4CC5(CCN(CCCCOc6ccc([C@H]7c8ccc(O)cc8CC[C@H]7c7ccc(F)cc7)cc6)CC5)C4)cc3C2=O)C(=O)N1. The molecule has 57 heavy (non-hydrogen) atoms. The Labute approximate surface area is 333 Å². The number of phenols is 1. The van der Waals surface area contributed by atoms with Gasteiger partial charge in [-0.05, 0) is 154 Å². The Morgan fingerprint density at radius 1 is 0.825 bits per heavy atom.